The highest BCUT2D eigenvalue weighted by atomic mass is 16.5. The van der Waals surface area contributed by atoms with E-state index >= 15 is 0 Å². The molecule has 0 unspecified atom stereocenters. The zero-order chi connectivity index (χ0) is 17.6. The molecule has 136 valence electrons. The lowest BCUT2D eigenvalue weighted by molar-refractivity contribution is 0.181. The first kappa shape index (κ1) is 17.8. The fourth-order valence-electron chi connectivity index (χ4n) is 3.45. The lowest BCUT2D eigenvalue weighted by Crippen LogP contribution is -2.34. The predicted molar refractivity (Wildman–Crippen MR) is 95.5 cm³/mol. The van der Waals surface area contributed by atoms with Crippen molar-refractivity contribution in [3.8, 4) is 0 Å². The molecular weight excluding hydrogens is 318 g/mol. The van der Waals surface area contributed by atoms with Crippen molar-refractivity contribution < 1.29 is 4.74 Å². The lowest BCUT2D eigenvalue weighted by Gasteiger charge is -2.31. The van der Waals surface area contributed by atoms with E-state index in [2.05, 4.69) is 21.0 Å². The fourth-order valence-corrected chi connectivity index (χ4v) is 3.45. The maximum Gasteiger partial charge on any atom is 0.345 e. The Balaban J connectivity index is 1.65. The number of hydrogen-bond donors (Lipinski definition) is 0. The van der Waals surface area contributed by atoms with Crippen LogP contribution in [0.4, 0.5) is 0 Å². The molecule has 0 aliphatic carbocycles. The molecule has 1 aliphatic rings. The molecule has 2 aromatic heterocycles. The quantitative estimate of drug-likeness (QED) is 0.761. The van der Waals surface area contributed by atoms with Crippen LogP contribution in [0.3, 0.4) is 0 Å². The molecule has 0 amide bonds. The average molecular weight is 345 g/mol. The summed E-state index contributed by atoms with van der Waals surface area (Å²) < 4.78 is 8.44. The molecule has 3 rings (SSSR count). The van der Waals surface area contributed by atoms with E-state index in [-0.39, 0.29) is 5.69 Å². The molecule has 3 heterocycles. The summed E-state index contributed by atoms with van der Waals surface area (Å²) >= 11 is 0. The maximum atomic E-state index is 12.5. The van der Waals surface area contributed by atoms with Crippen molar-refractivity contribution in [2.24, 2.45) is 0 Å². The average Bonchev–Trinajstić information content (AvgIpc) is 2.97. The van der Waals surface area contributed by atoms with Crippen molar-refractivity contribution >= 4 is 0 Å². The van der Waals surface area contributed by atoms with Gasteiger partial charge in [-0.25, -0.2) is 9.48 Å². The minimum atomic E-state index is -0.0227. The van der Waals surface area contributed by atoms with Gasteiger partial charge in [-0.05, 0) is 45.0 Å². The van der Waals surface area contributed by atoms with Crippen LogP contribution in [0.25, 0.3) is 0 Å². The number of methoxy groups -OCH3 is 1. The molecule has 0 radical (unpaired) electrons. The van der Waals surface area contributed by atoms with Crippen molar-refractivity contribution in [3.05, 3.63) is 46.4 Å². The van der Waals surface area contributed by atoms with E-state index in [1.807, 2.05) is 29.8 Å². The third kappa shape index (κ3) is 4.16. The molecule has 0 aromatic carbocycles. The molecule has 25 heavy (non-hydrogen) atoms. The molecule has 0 saturated carbocycles. The van der Waals surface area contributed by atoms with E-state index in [4.69, 9.17) is 4.74 Å². The highest BCUT2D eigenvalue weighted by Gasteiger charge is 2.26. The second-order valence-electron chi connectivity index (χ2n) is 6.47. The Labute approximate surface area is 148 Å². The highest BCUT2D eigenvalue weighted by molar-refractivity contribution is 5.05. The topological polar surface area (TPSA) is 65.2 Å². The Morgan fingerprint density at radius 3 is 2.72 bits per heavy atom. The van der Waals surface area contributed by atoms with Gasteiger partial charge in [0.15, 0.2) is 0 Å². The van der Waals surface area contributed by atoms with Gasteiger partial charge in [-0.1, -0.05) is 6.07 Å². The SMILES string of the molecule is CCn1c(C2CCN(Cc3ccccn3)CC2)nn(CCOC)c1=O. The van der Waals surface area contributed by atoms with Crippen LogP contribution >= 0.6 is 0 Å². The Bertz CT molecular complexity index is 717. The molecule has 1 aliphatic heterocycles. The van der Waals surface area contributed by atoms with E-state index in [1.54, 1.807) is 11.8 Å². The zero-order valence-corrected chi connectivity index (χ0v) is 15.1. The number of ether oxygens (including phenoxy) is 1. The highest BCUT2D eigenvalue weighted by Crippen LogP contribution is 2.26. The van der Waals surface area contributed by atoms with Gasteiger partial charge in [0.05, 0.1) is 18.8 Å². The Kier molecular flexibility index (Phi) is 5.99. The van der Waals surface area contributed by atoms with Crippen LogP contribution in [0.2, 0.25) is 0 Å². The number of rotatable bonds is 7. The number of nitrogens with zero attached hydrogens (tertiary/aromatic N) is 5. The monoisotopic (exact) mass is 345 g/mol. The van der Waals surface area contributed by atoms with Crippen LogP contribution < -0.4 is 5.69 Å². The largest absolute Gasteiger partial charge is 0.383 e. The number of aromatic nitrogens is 4. The van der Waals surface area contributed by atoms with Crippen LogP contribution in [0.1, 0.15) is 37.2 Å². The summed E-state index contributed by atoms with van der Waals surface area (Å²) in [6.45, 7) is 6.57. The Hall–Kier alpha value is -1.99. The van der Waals surface area contributed by atoms with E-state index in [1.165, 1.54) is 0 Å². The molecule has 0 atom stereocenters. The first-order valence-corrected chi connectivity index (χ1v) is 9.01. The summed E-state index contributed by atoms with van der Waals surface area (Å²) in [7, 11) is 1.64. The van der Waals surface area contributed by atoms with Crippen molar-refractivity contribution in [1.29, 1.82) is 0 Å². The van der Waals surface area contributed by atoms with Gasteiger partial charge in [0.25, 0.3) is 0 Å². The van der Waals surface area contributed by atoms with Crippen LogP contribution in [0.15, 0.2) is 29.2 Å². The summed E-state index contributed by atoms with van der Waals surface area (Å²) in [4.78, 5) is 19.3. The first-order valence-electron chi connectivity index (χ1n) is 9.01. The Morgan fingerprint density at radius 1 is 1.28 bits per heavy atom. The standard InChI is InChI=1S/C18H27N5O2/c1-3-22-17(20-23(18(22)24)12-13-25-2)15-7-10-21(11-8-15)14-16-6-4-5-9-19-16/h4-6,9,15H,3,7-8,10-14H2,1-2H3. The van der Waals surface area contributed by atoms with Gasteiger partial charge >= 0.3 is 5.69 Å². The van der Waals surface area contributed by atoms with Gasteiger partial charge in [0.1, 0.15) is 5.82 Å². The lowest BCUT2D eigenvalue weighted by atomic mass is 9.96. The van der Waals surface area contributed by atoms with Crippen LogP contribution in [-0.4, -0.2) is 51.0 Å². The zero-order valence-electron chi connectivity index (χ0n) is 15.1. The van der Waals surface area contributed by atoms with Gasteiger partial charge in [0.2, 0.25) is 0 Å². The van der Waals surface area contributed by atoms with Gasteiger partial charge in [-0.3, -0.25) is 14.5 Å². The minimum Gasteiger partial charge on any atom is -0.383 e. The number of hydrogen-bond acceptors (Lipinski definition) is 5. The van der Waals surface area contributed by atoms with E-state index in [0.29, 0.717) is 25.6 Å². The molecule has 0 spiro atoms. The van der Waals surface area contributed by atoms with Crippen LogP contribution in [0.5, 0.6) is 0 Å². The molecular formula is C18H27N5O2. The summed E-state index contributed by atoms with van der Waals surface area (Å²) in [5, 5.41) is 4.61. The fraction of sp³-hybridized carbons (Fsp3) is 0.611. The molecule has 7 heteroatoms. The van der Waals surface area contributed by atoms with Gasteiger partial charge in [-0.15, -0.1) is 0 Å². The van der Waals surface area contributed by atoms with Crippen molar-refractivity contribution in [2.45, 2.75) is 45.3 Å². The van der Waals surface area contributed by atoms with Crippen LogP contribution in [0, 0.1) is 0 Å². The molecule has 7 nitrogen and oxygen atoms in total. The summed E-state index contributed by atoms with van der Waals surface area (Å²) in [5.41, 5.74) is 1.08. The minimum absolute atomic E-state index is 0.0227. The first-order chi connectivity index (χ1) is 12.2. The Morgan fingerprint density at radius 2 is 2.08 bits per heavy atom. The molecule has 1 fully saturated rings. The number of piperidine rings is 1. The smallest absolute Gasteiger partial charge is 0.345 e. The normalized spacial score (nSPS) is 16.4. The predicted octanol–water partition coefficient (Wildman–Crippen LogP) is 1.49. The third-order valence-electron chi connectivity index (χ3n) is 4.84. The number of pyridine rings is 1. The van der Waals surface area contributed by atoms with Crippen molar-refractivity contribution in [1.82, 2.24) is 24.2 Å². The molecule has 1 saturated heterocycles. The number of likely N-dealkylation sites (tertiary alicyclic amines) is 1. The van der Waals surface area contributed by atoms with Gasteiger partial charge < -0.3 is 4.74 Å². The molecule has 2 aromatic rings. The second-order valence-corrected chi connectivity index (χ2v) is 6.47. The van der Waals surface area contributed by atoms with E-state index in [0.717, 1.165) is 44.0 Å². The summed E-state index contributed by atoms with van der Waals surface area (Å²) in [5.74, 6) is 1.28. The molecule has 0 N–H and O–H groups in total. The maximum absolute atomic E-state index is 12.5. The second kappa shape index (κ2) is 8.40. The summed E-state index contributed by atoms with van der Waals surface area (Å²) in [6.07, 6.45) is 3.88. The van der Waals surface area contributed by atoms with Crippen molar-refractivity contribution in [3.63, 3.8) is 0 Å². The molecule has 0 bridgehead atoms. The van der Waals surface area contributed by atoms with Gasteiger partial charge in [-0.2, -0.15) is 5.10 Å². The van der Waals surface area contributed by atoms with Crippen molar-refractivity contribution in [2.75, 3.05) is 26.8 Å². The third-order valence-corrected chi connectivity index (χ3v) is 4.84. The van der Waals surface area contributed by atoms with E-state index in [9.17, 15) is 4.79 Å². The van der Waals surface area contributed by atoms with Crippen LogP contribution in [-0.2, 0) is 24.4 Å². The summed E-state index contributed by atoms with van der Waals surface area (Å²) in [6, 6.07) is 6.04. The van der Waals surface area contributed by atoms with Gasteiger partial charge in [0, 0.05) is 32.3 Å². The van der Waals surface area contributed by atoms with E-state index < -0.39 is 0 Å².